The van der Waals surface area contributed by atoms with Gasteiger partial charge in [-0.15, -0.1) is 0 Å². The summed E-state index contributed by atoms with van der Waals surface area (Å²) in [5.41, 5.74) is 1.79. The highest BCUT2D eigenvalue weighted by Gasteiger charge is 2.00. The van der Waals surface area contributed by atoms with Crippen LogP contribution in [0, 0.1) is 11.8 Å². The highest BCUT2D eigenvalue weighted by Crippen LogP contribution is 2.08. The molecule has 1 aromatic heterocycles. The Kier molecular flexibility index (Phi) is 6.46. The van der Waals surface area contributed by atoms with Gasteiger partial charge in [-0.05, 0) is 27.6 Å². The van der Waals surface area contributed by atoms with E-state index in [1.54, 1.807) is 12.4 Å². The molecule has 5 heteroatoms. The third kappa shape index (κ3) is 5.98. The Morgan fingerprint density at radius 1 is 1.27 bits per heavy atom. The van der Waals surface area contributed by atoms with Gasteiger partial charge in [-0.1, -0.05) is 42.2 Å². The normalized spacial score (nSPS) is 9.50. The summed E-state index contributed by atoms with van der Waals surface area (Å²) in [6, 6.07) is 11.4. The lowest BCUT2D eigenvalue weighted by Gasteiger charge is -2.05. The Morgan fingerprint density at radius 2 is 2.09 bits per heavy atom. The van der Waals surface area contributed by atoms with Crippen LogP contribution in [0.1, 0.15) is 17.5 Å². The van der Waals surface area contributed by atoms with E-state index in [0.29, 0.717) is 13.0 Å². The van der Waals surface area contributed by atoms with Crippen LogP contribution in [0.5, 0.6) is 0 Å². The number of nitrogens with one attached hydrogen (secondary N) is 1. The summed E-state index contributed by atoms with van der Waals surface area (Å²) in [6.45, 7) is 0.712. The number of hydrogen-bond donors (Lipinski definition) is 1. The summed E-state index contributed by atoms with van der Waals surface area (Å²) in [4.78, 5) is 15.5. The number of hydrogen-bond acceptors (Lipinski definition) is 3. The SMILES string of the molecule is O=C(NCCC#Cc1cncc(Br)c1)OCc1ccccc1. The van der Waals surface area contributed by atoms with Crippen LogP contribution in [0.4, 0.5) is 4.79 Å². The Balaban J connectivity index is 1.65. The van der Waals surface area contributed by atoms with E-state index in [1.165, 1.54) is 0 Å². The lowest BCUT2D eigenvalue weighted by molar-refractivity contribution is 0.140. The van der Waals surface area contributed by atoms with Crippen LogP contribution < -0.4 is 5.32 Å². The van der Waals surface area contributed by atoms with Gasteiger partial charge >= 0.3 is 6.09 Å². The molecule has 0 saturated carbocycles. The summed E-state index contributed by atoms with van der Waals surface area (Å²) < 4.78 is 5.98. The highest BCUT2D eigenvalue weighted by atomic mass is 79.9. The van der Waals surface area contributed by atoms with E-state index in [2.05, 4.69) is 38.1 Å². The number of aromatic nitrogens is 1. The molecule has 0 radical (unpaired) electrons. The number of halogens is 1. The van der Waals surface area contributed by atoms with Crippen molar-refractivity contribution >= 4 is 22.0 Å². The van der Waals surface area contributed by atoms with Crippen molar-refractivity contribution < 1.29 is 9.53 Å². The van der Waals surface area contributed by atoms with Crippen molar-refractivity contribution in [2.75, 3.05) is 6.54 Å². The Labute approximate surface area is 138 Å². The Morgan fingerprint density at radius 3 is 2.86 bits per heavy atom. The number of amides is 1. The minimum absolute atomic E-state index is 0.266. The third-order valence-electron chi connectivity index (χ3n) is 2.67. The van der Waals surface area contributed by atoms with E-state index in [9.17, 15) is 4.79 Å². The fourth-order valence-corrected chi connectivity index (χ4v) is 2.01. The number of pyridine rings is 1. The van der Waals surface area contributed by atoms with E-state index >= 15 is 0 Å². The van der Waals surface area contributed by atoms with Crippen molar-refractivity contribution in [3.05, 3.63) is 64.4 Å². The largest absolute Gasteiger partial charge is 0.445 e. The zero-order valence-electron chi connectivity index (χ0n) is 11.9. The molecule has 4 nitrogen and oxygen atoms in total. The van der Waals surface area contributed by atoms with Crippen molar-refractivity contribution in [2.45, 2.75) is 13.0 Å². The molecule has 1 heterocycles. The Bertz CT molecular complexity index is 678. The second-order valence-corrected chi connectivity index (χ2v) is 5.35. The van der Waals surface area contributed by atoms with Crippen molar-refractivity contribution in [3.63, 3.8) is 0 Å². The molecule has 0 atom stereocenters. The number of ether oxygens (including phenoxy) is 1. The summed E-state index contributed by atoms with van der Waals surface area (Å²) in [5.74, 6) is 5.96. The van der Waals surface area contributed by atoms with E-state index in [-0.39, 0.29) is 6.61 Å². The fraction of sp³-hybridized carbons (Fsp3) is 0.176. The summed E-state index contributed by atoms with van der Waals surface area (Å²) in [7, 11) is 0. The van der Waals surface area contributed by atoms with E-state index in [1.807, 2.05) is 36.4 Å². The van der Waals surface area contributed by atoms with Gasteiger partial charge in [0.15, 0.2) is 0 Å². The topological polar surface area (TPSA) is 51.2 Å². The molecule has 2 rings (SSSR count). The predicted molar refractivity (Wildman–Crippen MR) is 88.1 cm³/mol. The van der Waals surface area contributed by atoms with E-state index in [4.69, 9.17) is 4.74 Å². The van der Waals surface area contributed by atoms with Gasteiger partial charge in [-0.3, -0.25) is 4.98 Å². The molecule has 0 aliphatic rings. The molecule has 22 heavy (non-hydrogen) atoms. The molecule has 1 aromatic carbocycles. The van der Waals surface area contributed by atoms with Crippen LogP contribution in [0.3, 0.4) is 0 Å². The number of rotatable bonds is 4. The molecular formula is C17H15BrN2O2. The Hall–Kier alpha value is -2.32. The highest BCUT2D eigenvalue weighted by molar-refractivity contribution is 9.10. The first-order chi connectivity index (χ1) is 10.7. The number of carbonyl (C=O) groups is 1. The summed E-state index contributed by atoms with van der Waals surface area (Å²) in [6.07, 6.45) is 3.51. The second-order valence-electron chi connectivity index (χ2n) is 4.43. The molecule has 0 saturated heterocycles. The molecular weight excluding hydrogens is 344 g/mol. The van der Waals surface area contributed by atoms with Gasteiger partial charge in [0.2, 0.25) is 0 Å². The zero-order chi connectivity index (χ0) is 15.6. The second kappa shape index (κ2) is 8.85. The van der Waals surface area contributed by atoms with Crippen LogP contribution in [-0.2, 0) is 11.3 Å². The first-order valence-corrected chi connectivity index (χ1v) is 7.57. The monoisotopic (exact) mass is 358 g/mol. The van der Waals surface area contributed by atoms with E-state index in [0.717, 1.165) is 15.6 Å². The molecule has 112 valence electrons. The molecule has 0 bridgehead atoms. The lowest BCUT2D eigenvalue weighted by Crippen LogP contribution is -2.24. The van der Waals surface area contributed by atoms with Crippen molar-refractivity contribution in [1.82, 2.24) is 10.3 Å². The van der Waals surface area contributed by atoms with Gasteiger partial charge in [-0.2, -0.15) is 0 Å². The minimum atomic E-state index is -0.435. The third-order valence-corrected chi connectivity index (χ3v) is 3.10. The maximum absolute atomic E-state index is 11.5. The zero-order valence-corrected chi connectivity index (χ0v) is 13.5. The van der Waals surface area contributed by atoms with Crippen LogP contribution in [-0.4, -0.2) is 17.6 Å². The average Bonchev–Trinajstić information content (AvgIpc) is 2.54. The number of benzene rings is 1. The standard InChI is InChI=1S/C17H15BrN2O2/c18-16-10-15(11-19-12-16)8-4-5-9-20-17(21)22-13-14-6-2-1-3-7-14/h1-3,6-7,10-12H,5,9,13H2,(H,20,21). The molecule has 0 spiro atoms. The number of carbonyl (C=O) groups excluding carboxylic acids is 1. The van der Waals surface area contributed by atoms with Crippen LogP contribution in [0.15, 0.2) is 53.3 Å². The molecule has 0 aliphatic heterocycles. The fourth-order valence-electron chi connectivity index (χ4n) is 1.65. The smallest absolute Gasteiger partial charge is 0.407 e. The van der Waals surface area contributed by atoms with Crippen molar-refractivity contribution in [3.8, 4) is 11.8 Å². The van der Waals surface area contributed by atoms with Crippen LogP contribution in [0.25, 0.3) is 0 Å². The lowest BCUT2D eigenvalue weighted by atomic mass is 10.2. The number of alkyl carbamates (subject to hydrolysis) is 1. The van der Waals surface area contributed by atoms with E-state index < -0.39 is 6.09 Å². The van der Waals surface area contributed by atoms with Crippen LogP contribution in [0.2, 0.25) is 0 Å². The van der Waals surface area contributed by atoms with Gasteiger partial charge in [0.05, 0.1) is 0 Å². The molecule has 2 aromatic rings. The maximum atomic E-state index is 11.5. The first-order valence-electron chi connectivity index (χ1n) is 6.78. The predicted octanol–water partition coefficient (Wildman–Crippen LogP) is 3.51. The van der Waals surface area contributed by atoms with Gasteiger partial charge < -0.3 is 10.1 Å². The molecule has 0 fully saturated rings. The van der Waals surface area contributed by atoms with Crippen molar-refractivity contribution in [1.29, 1.82) is 0 Å². The maximum Gasteiger partial charge on any atom is 0.407 e. The number of nitrogens with zero attached hydrogens (tertiary/aromatic N) is 1. The van der Waals surface area contributed by atoms with Gasteiger partial charge in [0.1, 0.15) is 6.61 Å². The van der Waals surface area contributed by atoms with Crippen LogP contribution >= 0.6 is 15.9 Å². The summed E-state index contributed by atoms with van der Waals surface area (Å²) >= 11 is 3.34. The first kappa shape index (κ1) is 16.1. The van der Waals surface area contributed by atoms with Gasteiger partial charge in [-0.25, -0.2) is 4.79 Å². The van der Waals surface area contributed by atoms with Crippen molar-refractivity contribution in [2.24, 2.45) is 0 Å². The summed E-state index contributed by atoms with van der Waals surface area (Å²) in [5, 5.41) is 2.66. The molecule has 0 unspecified atom stereocenters. The quantitative estimate of drug-likeness (QED) is 0.671. The molecule has 0 aliphatic carbocycles. The minimum Gasteiger partial charge on any atom is -0.445 e. The van der Waals surface area contributed by atoms with Gasteiger partial charge in [0, 0.05) is 35.4 Å². The average molecular weight is 359 g/mol. The molecule has 1 amide bonds. The van der Waals surface area contributed by atoms with Gasteiger partial charge in [0.25, 0.3) is 0 Å². The molecule has 1 N–H and O–H groups in total.